The standard InChI is InChI=1S/C17H22O2/c1-3-14-9-11-16(12-10-14)17(18)19-13(2)15-7-5-4-6-8-15/h3,9-13,15H,1,4-8H2,2H3. The van der Waals surface area contributed by atoms with Gasteiger partial charge >= 0.3 is 5.97 Å². The lowest BCUT2D eigenvalue weighted by Crippen LogP contribution is -2.25. The first-order chi connectivity index (χ1) is 9.20. The van der Waals surface area contributed by atoms with E-state index in [1.54, 1.807) is 18.2 Å². The van der Waals surface area contributed by atoms with Gasteiger partial charge in [-0.25, -0.2) is 4.79 Å². The van der Waals surface area contributed by atoms with E-state index in [-0.39, 0.29) is 12.1 Å². The fraction of sp³-hybridized carbons (Fsp3) is 0.471. The molecule has 0 radical (unpaired) electrons. The van der Waals surface area contributed by atoms with Gasteiger partial charge in [0.15, 0.2) is 0 Å². The zero-order valence-electron chi connectivity index (χ0n) is 11.6. The number of carbonyl (C=O) groups excluding carboxylic acids is 1. The highest BCUT2D eigenvalue weighted by atomic mass is 16.5. The molecule has 1 atom stereocenters. The van der Waals surface area contributed by atoms with Crippen molar-refractivity contribution in [2.75, 3.05) is 0 Å². The summed E-state index contributed by atoms with van der Waals surface area (Å²) in [6, 6.07) is 7.36. The van der Waals surface area contributed by atoms with Crippen molar-refractivity contribution in [3.05, 3.63) is 42.0 Å². The zero-order chi connectivity index (χ0) is 13.7. The van der Waals surface area contributed by atoms with Crippen molar-refractivity contribution in [2.24, 2.45) is 5.92 Å². The molecule has 1 aromatic carbocycles. The molecule has 0 aromatic heterocycles. The topological polar surface area (TPSA) is 26.3 Å². The van der Waals surface area contributed by atoms with Crippen LogP contribution in [0.1, 0.15) is 54.9 Å². The SMILES string of the molecule is C=Cc1ccc(C(=O)OC(C)C2CCCCC2)cc1. The van der Waals surface area contributed by atoms with E-state index in [0.717, 1.165) is 5.56 Å². The minimum Gasteiger partial charge on any atom is -0.459 e. The maximum atomic E-state index is 12.0. The monoisotopic (exact) mass is 258 g/mol. The number of hydrogen-bond acceptors (Lipinski definition) is 2. The van der Waals surface area contributed by atoms with Crippen molar-refractivity contribution in [2.45, 2.75) is 45.1 Å². The number of benzene rings is 1. The molecular formula is C17H22O2. The second-order valence-electron chi connectivity index (χ2n) is 5.33. The summed E-state index contributed by atoms with van der Waals surface area (Å²) in [5, 5.41) is 0. The minimum atomic E-state index is -0.214. The molecule has 102 valence electrons. The summed E-state index contributed by atoms with van der Waals surface area (Å²) in [7, 11) is 0. The quantitative estimate of drug-likeness (QED) is 0.745. The van der Waals surface area contributed by atoms with Gasteiger partial charge in [0.2, 0.25) is 0 Å². The molecule has 1 unspecified atom stereocenters. The van der Waals surface area contributed by atoms with Crippen LogP contribution < -0.4 is 0 Å². The van der Waals surface area contributed by atoms with E-state index in [2.05, 4.69) is 6.58 Å². The molecule has 0 aliphatic heterocycles. The van der Waals surface area contributed by atoms with Crippen molar-refractivity contribution in [1.29, 1.82) is 0 Å². The van der Waals surface area contributed by atoms with Gasteiger partial charge in [0.25, 0.3) is 0 Å². The third-order valence-electron chi connectivity index (χ3n) is 3.99. The fourth-order valence-electron chi connectivity index (χ4n) is 2.69. The Morgan fingerprint density at radius 2 is 1.89 bits per heavy atom. The molecule has 2 rings (SSSR count). The van der Waals surface area contributed by atoms with E-state index < -0.39 is 0 Å². The van der Waals surface area contributed by atoms with Crippen LogP contribution in [0.4, 0.5) is 0 Å². The Morgan fingerprint density at radius 3 is 2.47 bits per heavy atom. The van der Waals surface area contributed by atoms with Crippen LogP contribution in [-0.4, -0.2) is 12.1 Å². The predicted octanol–water partition coefficient (Wildman–Crippen LogP) is 4.46. The lowest BCUT2D eigenvalue weighted by atomic mass is 9.86. The molecule has 19 heavy (non-hydrogen) atoms. The van der Waals surface area contributed by atoms with Crippen LogP contribution in [0, 0.1) is 5.92 Å². The molecular weight excluding hydrogens is 236 g/mol. The predicted molar refractivity (Wildman–Crippen MR) is 78.0 cm³/mol. The largest absolute Gasteiger partial charge is 0.459 e. The van der Waals surface area contributed by atoms with E-state index in [4.69, 9.17) is 4.74 Å². The summed E-state index contributed by atoms with van der Waals surface area (Å²) in [6.45, 7) is 5.72. The van der Waals surface area contributed by atoms with Crippen LogP contribution in [0.2, 0.25) is 0 Å². The highest BCUT2D eigenvalue weighted by molar-refractivity contribution is 5.89. The Bertz CT molecular complexity index is 427. The molecule has 1 aromatic rings. The molecule has 0 heterocycles. The van der Waals surface area contributed by atoms with Gasteiger partial charge in [-0.1, -0.05) is 44.1 Å². The Kier molecular flexibility index (Phi) is 4.78. The van der Waals surface area contributed by atoms with Gasteiger partial charge in [-0.3, -0.25) is 0 Å². The molecule has 1 saturated carbocycles. The summed E-state index contributed by atoms with van der Waals surface area (Å²) in [5.74, 6) is 0.318. The van der Waals surface area contributed by atoms with E-state index in [1.807, 2.05) is 19.1 Å². The van der Waals surface area contributed by atoms with Crippen molar-refractivity contribution >= 4 is 12.0 Å². The zero-order valence-corrected chi connectivity index (χ0v) is 11.6. The first-order valence-electron chi connectivity index (χ1n) is 7.14. The summed E-state index contributed by atoms with van der Waals surface area (Å²) in [6.07, 6.45) is 8.00. The first kappa shape index (κ1) is 13.9. The van der Waals surface area contributed by atoms with Crippen molar-refractivity contribution in [1.82, 2.24) is 0 Å². The van der Waals surface area contributed by atoms with E-state index in [9.17, 15) is 4.79 Å². The fourth-order valence-corrected chi connectivity index (χ4v) is 2.69. The highest BCUT2D eigenvalue weighted by Gasteiger charge is 2.23. The average Bonchev–Trinajstić information content (AvgIpc) is 2.48. The lowest BCUT2D eigenvalue weighted by Gasteiger charge is -2.27. The van der Waals surface area contributed by atoms with Crippen LogP contribution in [0.25, 0.3) is 6.08 Å². The molecule has 2 heteroatoms. The van der Waals surface area contributed by atoms with Gasteiger partial charge < -0.3 is 4.74 Å². The van der Waals surface area contributed by atoms with Crippen LogP contribution in [0.3, 0.4) is 0 Å². The van der Waals surface area contributed by atoms with E-state index in [0.29, 0.717) is 11.5 Å². The minimum absolute atomic E-state index is 0.0203. The van der Waals surface area contributed by atoms with Gasteiger partial charge in [0.05, 0.1) is 5.56 Å². The van der Waals surface area contributed by atoms with Crippen LogP contribution in [-0.2, 0) is 4.74 Å². The normalized spacial score (nSPS) is 17.7. The molecule has 1 aliphatic carbocycles. The number of hydrogen-bond donors (Lipinski definition) is 0. The Hall–Kier alpha value is -1.57. The maximum Gasteiger partial charge on any atom is 0.338 e. The first-order valence-corrected chi connectivity index (χ1v) is 7.14. The Labute approximate surface area is 115 Å². The summed E-state index contributed by atoms with van der Waals surface area (Å²) in [4.78, 5) is 12.0. The van der Waals surface area contributed by atoms with Gasteiger partial charge in [0, 0.05) is 0 Å². The molecule has 1 aliphatic rings. The van der Waals surface area contributed by atoms with E-state index >= 15 is 0 Å². The maximum absolute atomic E-state index is 12.0. The molecule has 0 bridgehead atoms. The molecule has 1 fully saturated rings. The van der Waals surface area contributed by atoms with Crippen LogP contribution in [0.15, 0.2) is 30.8 Å². The second kappa shape index (κ2) is 6.55. The lowest BCUT2D eigenvalue weighted by molar-refractivity contribution is 0.0141. The van der Waals surface area contributed by atoms with Crippen LogP contribution >= 0.6 is 0 Å². The highest BCUT2D eigenvalue weighted by Crippen LogP contribution is 2.28. The summed E-state index contributed by atoms with van der Waals surface area (Å²) >= 11 is 0. The molecule has 2 nitrogen and oxygen atoms in total. The molecule has 0 amide bonds. The summed E-state index contributed by atoms with van der Waals surface area (Å²) < 4.78 is 5.58. The second-order valence-corrected chi connectivity index (χ2v) is 5.33. The smallest absolute Gasteiger partial charge is 0.338 e. The van der Waals surface area contributed by atoms with Gasteiger partial charge in [-0.2, -0.15) is 0 Å². The number of esters is 1. The van der Waals surface area contributed by atoms with Gasteiger partial charge in [-0.15, -0.1) is 0 Å². The molecule has 0 saturated heterocycles. The third-order valence-corrected chi connectivity index (χ3v) is 3.99. The summed E-state index contributed by atoms with van der Waals surface area (Å²) in [5.41, 5.74) is 1.63. The Morgan fingerprint density at radius 1 is 1.26 bits per heavy atom. The van der Waals surface area contributed by atoms with Crippen molar-refractivity contribution in [3.8, 4) is 0 Å². The van der Waals surface area contributed by atoms with Crippen molar-refractivity contribution in [3.63, 3.8) is 0 Å². The molecule has 0 spiro atoms. The number of rotatable bonds is 4. The average molecular weight is 258 g/mol. The third kappa shape index (κ3) is 3.69. The number of ether oxygens (including phenoxy) is 1. The van der Waals surface area contributed by atoms with E-state index in [1.165, 1.54) is 32.1 Å². The van der Waals surface area contributed by atoms with Crippen molar-refractivity contribution < 1.29 is 9.53 Å². The van der Waals surface area contributed by atoms with Gasteiger partial charge in [-0.05, 0) is 43.4 Å². The van der Waals surface area contributed by atoms with Gasteiger partial charge in [0.1, 0.15) is 6.10 Å². The Balaban J connectivity index is 1.93. The number of carbonyl (C=O) groups is 1. The molecule has 0 N–H and O–H groups in total. The van der Waals surface area contributed by atoms with Crippen LogP contribution in [0.5, 0.6) is 0 Å².